The molecule has 5 nitrogen and oxygen atoms in total. The van der Waals surface area contributed by atoms with Gasteiger partial charge in [-0.05, 0) is 24.5 Å². The van der Waals surface area contributed by atoms with Crippen molar-refractivity contribution in [1.29, 1.82) is 0 Å². The van der Waals surface area contributed by atoms with E-state index in [1.165, 1.54) is 11.8 Å². The molecule has 0 aliphatic carbocycles. The van der Waals surface area contributed by atoms with Crippen LogP contribution in [-0.2, 0) is 0 Å². The Morgan fingerprint density at radius 2 is 1.96 bits per heavy atom. The summed E-state index contributed by atoms with van der Waals surface area (Å²) in [6.45, 7) is 0. The van der Waals surface area contributed by atoms with Gasteiger partial charge in [0.1, 0.15) is 0 Å². The first kappa shape index (κ1) is 15.4. The van der Waals surface area contributed by atoms with Gasteiger partial charge in [-0.1, -0.05) is 58.0 Å². The molecule has 1 aliphatic heterocycles. The van der Waals surface area contributed by atoms with E-state index in [-0.39, 0.29) is 6.23 Å². The number of nitrogens with zero attached hydrogens (tertiary/aromatic N) is 3. The normalized spacial score (nSPS) is 15.5. The fourth-order valence-electron chi connectivity index (χ4n) is 2.54. The fourth-order valence-corrected chi connectivity index (χ4v) is 3.19. The van der Waals surface area contributed by atoms with Crippen molar-refractivity contribution in [3.8, 4) is 17.1 Å². The van der Waals surface area contributed by atoms with Crippen LogP contribution in [0.25, 0.3) is 11.3 Å². The lowest BCUT2D eigenvalue weighted by Crippen LogP contribution is -2.17. The highest BCUT2D eigenvalue weighted by atomic mass is 79.9. The summed E-state index contributed by atoms with van der Waals surface area (Å²) in [5.41, 5.74) is 3.49. The predicted molar refractivity (Wildman–Crippen MR) is 98.2 cm³/mol. The van der Waals surface area contributed by atoms with Crippen LogP contribution < -0.4 is 10.1 Å². The van der Waals surface area contributed by atoms with E-state index in [2.05, 4.69) is 36.4 Å². The van der Waals surface area contributed by atoms with Crippen molar-refractivity contribution in [3.63, 3.8) is 0 Å². The highest BCUT2D eigenvalue weighted by molar-refractivity contribution is 9.10. The first-order valence-electron chi connectivity index (χ1n) is 7.31. The Bertz CT molecular complexity index is 891. The van der Waals surface area contributed by atoms with Gasteiger partial charge < -0.3 is 10.1 Å². The van der Waals surface area contributed by atoms with Crippen LogP contribution in [-0.4, -0.2) is 21.4 Å². The molecular formula is C17H13BrN4OS. The largest absolute Gasteiger partial charge is 0.448 e. The van der Waals surface area contributed by atoms with Gasteiger partial charge in [0.15, 0.2) is 11.9 Å². The molecule has 1 unspecified atom stereocenters. The zero-order chi connectivity index (χ0) is 16.5. The summed E-state index contributed by atoms with van der Waals surface area (Å²) in [7, 11) is 0. The number of anilines is 1. The molecule has 0 amide bonds. The van der Waals surface area contributed by atoms with Gasteiger partial charge in [0, 0.05) is 21.3 Å². The van der Waals surface area contributed by atoms with Crippen LogP contribution >= 0.6 is 27.7 Å². The number of hydrogen-bond acceptors (Lipinski definition) is 6. The van der Waals surface area contributed by atoms with Crippen molar-refractivity contribution in [2.24, 2.45) is 0 Å². The monoisotopic (exact) mass is 400 g/mol. The second-order valence-electron chi connectivity index (χ2n) is 5.20. The summed E-state index contributed by atoms with van der Waals surface area (Å²) in [6.07, 6.45) is 1.57. The first-order valence-corrected chi connectivity index (χ1v) is 9.33. The molecule has 0 spiro atoms. The Hall–Kier alpha value is -2.12. The fraction of sp³-hybridized carbons (Fsp3) is 0.118. The molecule has 2 aromatic carbocycles. The zero-order valence-electron chi connectivity index (χ0n) is 12.7. The lowest BCUT2D eigenvalue weighted by Gasteiger charge is -2.19. The molecule has 1 aliphatic rings. The van der Waals surface area contributed by atoms with E-state index in [9.17, 15) is 0 Å². The van der Waals surface area contributed by atoms with Crippen molar-refractivity contribution < 1.29 is 4.74 Å². The Labute approximate surface area is 152 Å². The Balaban J connectivity index is 1.89. The highest BCUT2D eigenvalue weighted by Crippen LogP contribution is 2.40. The van der Waals surface area contributed by atoms with Gasteiger partial charge in [-0.25, -0.2) is 0 Å². The maximum Gasteiger partial charge on any atom is 0.247 e. The van der Waals surface area contributed by atoms with Crippen molar-refractivity contribution >= 4 is 33.4 Å². The molecular weight excluding hydrogens is 388 g/mol. The van der Waals surface area contributed by atoms with E-state index in [1.807, 2.05) is 54.8 Å². The van der Waals surface area contributed by atoms with Gasteiger partial charge in [0.2, 0.25) is 11.0 Å². The molecule has 3 aromatic rings. The number of benzene rings is 2. The smallest absolute Gasteiger partial charge is 0.247 e. The highest BCUT2D eigenvalue weighted by Gasteiger charge is 2.26. The minimum atomic E-state index is -0.348. The maximum atomic E-state index is 6.15. The molecule has 0 fully saturated rings. The SMILES string of the molecule is CSc1nnc2c(n1)OC(c1ccccc1)Nc1ccc(Br)cc1-2. The van der Waals surface area contributed by atoms with Gasteiger partial charge in [0.25, 0.3) is 0 Å². The first-order chi connectivity index (χ1) is 11.7. The van der Waals surface area contributed by atoms with Crippen LogP contribution in [0.1, 0.15) is 11.8 Å². The number of fused-ring (bicyclic) bond motifs is 3. The molecule has 1 N–H and O–H groups in total. The van der Waals surface area contributed by atoms with Crippen molar-refractivity contribution in [2.45, 2.75) is 11.4 Å². The Morgan fingerprint density at radius 3 is 2.75 bits per heavy atom. The average Bonchev–Trinajstić information content (AvgIpc) is 2.78. The van der Waals surface area contributed by atoms with E-state index in [1.54, 1.807) is 0 Å². The number of hydrogen-bond donors (Lipinski definition) is 1. The van der Waals surface area contributed by atoms with Crippen molar-refractivity contribution in [3.05, 3.63) is 58.6 Å². The zero-order valence-corrected chi connectivity index (χ0v) is 15.1. The summed E-state index contributed by atoms with van der Waals surface area (Å²) in [6, 6.07) is 16.0. The van der Waals surface area contributed by atoms with Crippen molar-refractivity contribution in [2.75, 3.05) is 11.6 Å². The van der Waals surface area contributed by atoms with Crippen molar-refractivity contribution in [1.82, 2.24) is 15.2 Å². The second kappa shape index (κ2) is 6.41. The summed E-state index contributed by atoms with van der Waals surface area (Å²) >= 11 is 4.95. The predicted octanol–water partition coefficient (Wildman–Crippen LogP) is 4.53. The number of thioether (sulfide) groups is 1. The number of nitrogens with one attached hydrogen (secondary N) is 1. The van der Waals surface area contributed by atoms with Gasteiger partial charge >= 0.3 is 0 Å². The second-order valence-corrected chi connectivity index (χ2v) is 6.88. The van der Waals surface area contributed by atoms with Crippen LogP contribution in [0.5, 0.6) is 5.88 Å². The van der Waals surface area contributed by atoms with E-state index >= 15 is 0 Å². The number of rotatable bonds is 2. The third kappa shape index (κ3) is 2.85. The molecule has 1 aromatic heterocycles. The lowest BCUT2D eigenvalue weighted by molar-refractivity contribution is 0.225. The summed E-state index contributed by atoms with van der Waals surface area (Å²) in [5.74, 6) is 0.479. The molecule has 0 saturated carbocycles. The van der Waals surface area contributed by atoms with Crippen LogP contribution in [0.4, 0.5) is 5.69 Å². The Morgan fingerprint density at radius 1 is 1.12 bits per heavy atom. The van der Waals surface area contributed by atoms with Crippen LogP contribution in [0.2, 0.25) is 0 Å². The topological polar surface area (TPSA) is 59.9 Å². The molecule has 7 heteroatoms. The molecule has 120 valence electrons. The molecule has 0 bridgehead atoms. The standard InChI is InChI=1S/C17H13BrN4OS/c1-24-17-20-16-14(21-22-17)12-9-11(18)7-8-13(12)19-15(23-16)10-5-3-2-4-6-10/h2-9,15,19H,1H3. The van der Waals surface area contributed by atoms with Gasteiger partial charge in [0.05, 0.1) is 0 Å². The molecule has 2 heterocycles. The third-order valence-corrected chi connectivity index (χ3v) is 4.70. The quantitative estimate of drug-likeness (QED) is 0.637. The molecule has 0 saturated heterocycles. The lowest BCUT2D eigenvalue weighted by atomic mass is 10.1. The number of ether oxygens (including phenoxy) is 1. The Kier molecular flexibility index (Phi) is 4.12. The summed E-state index contributed by atoms with van der Waals surface area (Å²) < 4.78 is 7.12. The van der Waals surface area contributed by atoms with Gasteiger partial charge in [-0.2, -0.15) is 4.98 Å². The molecule has 1 atom stereocenters. The third-order valence-electron chi connectivity index (χ3n) is 3.67. The van der Waals surface area contributed by atoms with E-state index in [4.69, 9.17) is 4.74 Å². The van der Waals surface area contributed by atoms with Gasteiger partial charge in [-0.15, -0.1) is 10.2 Å². The minimum Gasteiger partial charge on any atom is -0.448 e. The van der Waals surface area contributed by atoms with Crippen LogP contribution in [0, 0.1) is 0 Å². The van der Waals surface area contributed by atoms with Crippen LogP contribution in [0.3, 0.4) is 0 Å². The molecule has 24 heavy (non-hydrogen) atoms. The molecule has 0 radical (unpaired) electrons. The van der Waals surface area contributed by atoms with Gasteiger partial charge in [-0.3, -0.25) is 0 Å². The molecule has 4 rings (SSSR count). The van der Waals surface area contributed by atoms with E-state index in [0.29, 0.717) is 16.7 Å². The van der Waals surface area contributed by atoms with Crippen LogP contribution in [0.15, 0.2) is 58.2 Å². The number of halogens is 1. The maximum absolute atomic E-state index is 6.15. The van der Waals surface area contributed by atoms with E-state index < -0.39 is 0 Å². The summed E-state index contributed by atoms with van der Waals surface area (Å²) in [5, 5.41) is 12.5. The summed E-state index contributed by atoms with van der Waals surface area (Å²) in [4.78, 5) is 4.51. The average molecular weight is 401 g/mol. The minimum absolute atomic E-state index is 0.348. The van der Waals surface area contributed by atoms with E-state index in [0.717, 1.165) is 21.3 Å². The number of aromatic nitrogens is 3.